The van der Waals surface area contributed by atoms with Gasteiger partial charge in [0.2, 0.25) is 5.79 Å². The Morgan fingerprint density at radius 2 is 1.09 bits per heavy atom. The monoisotopic (exact) mass is 828 g/mol. The van der Waals surface area contributed by atoms with Gasteiger partial charge in [0.05, 0.1) is 33.0 Å². The Labute approximate surface area is 346 Å². The van der Waals surface area contributed by atoms with Gasteiger partial charge >= 0.3 is 0 Å². The minimum atomic E-state index is -1.87. The summed E-state index contributed by atoms with van der Waals surface area (Å²) in [6.45, 7) is 5.57. The van der Waals surface area contributed by atoms with Gasteiger partial charge in [0.25, 0.3) is 0 Å². The Morgan fingerprint density at radius 1 is 0.614 bits per heavy atom. The van der Waals surface area contributed by atoms with E-state index in [0.29, 0.717) is 19.6 Å². The minimum Gasteiger partial charge on any atom is -0.374 e. The van der Waals surface area contributed by atoms with Gasteiger partial charge in [0, 0.05) is 9.90 Å². The quantitative estimate of drug-likeness (QED) is 0.101. The van der Waals surface area contributed by atoms with E-state index in [1.165, 1.54) is 11.1 Å². The molecule has 1 aliphatic heterocycles. The van der Waals surface area contributed by atoms with Crippen molar-refractivity contribution >= 4 is 15.9 Å². The molecule has 2 aliphatic rings. The Hall–Kier alpha value is -4.18. The van der Waals surface area contributed by atoms with Crippen molar-refractivity contribution in [2.24, 2.45) is 5.41 Å². The summed E-state index contributed by atoms with van der Waals surface area (Å²) < 4.78 is 35.1. The summed E-state index contributed by atoms with van der Waals surface area (Å²) in [4.78, 5) is 0. The van der Waals surface area contributed by atoms with Gasteiger partial charge in [-0.2, -0.15) is 0 Å². The molecule has 6 nitrogen and oxygen atoms in total. The van der Waals surface area contributed by atoms with E-state index in [0.717, 1.165) is 45.2 Å². The van der Waals surface area contributed by atoms with Crippen LogP contribution in [0.2, 0.25) is 0 Å². The number of ether oxygens (including phenoxy) is 5. The molecule has 1 heterocycles. The fourth-order valence-electron chi connectivity index (χ4n) is 7.70. The van der Waals surface area contributed by atoms with Gasteiger partial charge in [-0.1, -0.05) is 188 Å². The maximum Gasteiger partial charge on any atom is 0.204 e. The number of aryl methyl sites for hydroxylation is 1. The molecule has 6 atom stereocenters. The lowest BCUT2D eigenvalue weighted by molar-refractivity contribution is -0.397. The molecule has 0 saturated carbocycles. The summed E-state index contributed by atoms with van der Waals surface area (Å²) in [5.74, 6) is -1.87. The summed E-state index contributed by atoms with van der Waals surface area (Å²) in [6.07, 6.45) is 3.48. The molecule has 7 heteroatoms. The number of benzene rings is 5. The van der Waals surface area contributed by atoms with Crippen LogP contribution in [0.25, 0.3) is 0 Å². The second-order valence-corrected chi connectivity index (χ2v) is 16.1. The van der Waals surface area contributed by atoms with Crippen molar-refractivity contribution in [1.82, 2.24) is 0 Å². The summed E-state index contributed by atoms with van der Waals surface area (Å²) >= 11 is 3.93. The van der Waals surface area contributed by atoms with E-state index >= 15 is 0 Å². The molecule has 1 unspecified atom stereocenters. The number of allylic oxidation sites excluding steroid dienone is 3. The Bertz CT molecular complexity index is 2040. The van der Waals surface area contributed by atoms with Crippen molar-refractivity contribution in [3.8, 4) is 0 Å². The molecule has 5 aromatic rings. The van der Waals surface area contributed by atoms with Gasteiger partial charge in [-0.3, -0.25) is 0 Å². The highest BCUT2D eigenvalue weighted by molar-refractivity contribution is 9.12. The molecule has 1 aliphatic carbocycles. The Balaban J connectivity index is 1.26. The number of aliphatic hydroxyl groups is 1. The van der Waals surface area contributed by atoms with E-state index < -0.39 is 35.6 Å². The highest BCUT2D eigenvalue weighted by Gasteiger charge is 2.63. The molecule has 57 heavy (non-hydrogen) atoms. The molecule has 5 aromatic carbocycles. The molecular weight excluding hydrogens is 776 g/mol. The third-order valence-electron chi connectivity index (χ3n) is 11.1. The Morgan fingerprint density at radius 3 is 1.60 bits per heavy atom. The van der Waals surface area contributed by atoms with E-state index in [1.807, 2.05) is 128 Å². The van der Waals surface area contributed by atoms with Crippen LogP contribution in [0.4, 0.5) is 0 Å². The van der Waals surface area contributed by atoms with Crippen LogP contribution in [-0.4, -0.2) is 41.9 Å². The topological polar surface area (TPSA) is 66.4 Å². The molecular formula is C50H53BrO6. The zero-order valence-electron chi connectivity index (χ0n) is 32.8. The molecule has 7 rings (SSSR count). The van der Waals surface area contributed by atoms with Crippen LogP contribution in [0.15, 0.2) is 168 Å². The molecule has 0 aromatic heterocycles. The summed E-state index contributed by atoms with van der Waals surface area (Å²) in [5.41, 5.74) is 6.78. The van der Waals surface area contributed by atoms with Gasteiger partial charge in [-0.15, -0.1) is 0 Å². The number of rotatable bonds is 17. The first-order valence-electron chi connectivity index (χ1n) is 20.0. The molecule has 1 saturated heterocycles. The second kappa shape index (κ2) is 19.5. The highest BCUT2D eigenvalue weighted by Crippen LogP contribution is 2.51. The van der Waals surface area contributed by atoms with Crippen LogP contribution >= 0.6 is 15.9 Å². The highest BCUT2D eigenvalue weighted by atomic mass is 79.9. The third kappa shape index (κ3) is 10.3. The predicted molar refractivity (Wildman–Crippen MR) is 228 cm³/mol. The van der Waals surface area contributed by atoms with Crippen molar-refractivity contribution in [3.63, 3.8) is 0 Å². The fourth-order valence-corrected chi connectivity index (χ4v) is 8.50. The van der Waals surface area contributed by atoms with Gasteiger partial charge in [0.1, 0.15) is 24.4 Å². The lowest BCUT2D eigenvalue weighted by Crippen LogP contribution is -2.71. The molecule has 1 N–H and O–H groups in total. The van der Waals surface area contributed by atoms with Crippen molar-refractivity contribution in [2.75, 3.05) is 6.61 Å². The predicted octanol–water partition coefficient (Wildman–Crippen LogP) is 10.5. The SMILES string of the molecule is CCc1ccc(CC2=CCC(C)([C@@]3(O)O[C@H](COCc4ccccc4)[C@@H](OCc4ccccc4)[C@H](OCc4ccccc4)[C@H]3OCc3ccccc3)C=C2Br)cc1. The summed E-state index contributed by atoms with van der Waals surface area (Å²) in [5, 5.41) is 13.5. The second-order valence-electron chi connectivity index (χ2n) is 15.3. The van der Waals surface area contributed by atoms with Crippen LogP contribution in [0.1, 0.15) is 53.6 Å². The minimum absolute atomic E-state index is 0.156. The van der Waals surface area contributed by atoms with E-state index in [-0.39, 0.29) is 19.8 Å². The van der Waals surface area contributed by atoms with Crippen molar-refractivity contribution < 1.29 is 28.8 Å². The van der Waals surface area contributed by atoms with Crippen molar-refractivity contribution in [3.05, 3.63) is 201 Å². The first-order chi connectivity index (χ1) is 27.8. The van der Waals surface area contributed by atoms with Crippen LogP contribution < -0.4 is 0 Å². The first-order valence-corrected chi connectivity index (χ1v) is 20.8. The average Bonchev–Trinajstić information content (AvgIpc) is 3.25. The summed E-state index contributed by atoms with van der Waals surface area (Å²) in [7, 11) is 0. The molecule has 0 radical (unpaired) electrons. The average molecular weight is 830 g/mol. The maximum atomic E-state index is 13.5. The Kier molecular flexibility index (Phi) is 14.0. The molecule has 296 valence electrons. The van der Waals surface area contributed by atoms with E-state index in [4.69, 9.17) is 23.7 Å². The molecule has 1 fully saturated rings. The molecule has 0 spiro atoms. The lowest BCUT2D eigenvalue weighted by Gasteiger charge is -2.56. The van der Waals surface area contributed by atoms with Crippen LogP contribution in [-0.2, 0) is 63.0 Å². The lowest BCUT2D eigenvalue weighted by atomic mass is 9.69. The molecule has 0 amide bonds. The largest absolute Gasteiger partial charge is 0.374 e. The summed E-state index contributed by atoms with van der Waals surface area (Å²) in [6, 6.07) is 49.0. The van der Waals surface area contributed by atoms with Gasteiger partial charge in [-0.05, 0) is 58.2 Å². The zero-order chi connectivity index (χ0) is 39.5. The van der Waals surface area contributed by atoms with Crippen LogP contribution in [0.5, 0.6) is 0 Å². The first kappa shape index (κ1) is 41.0. The molecule has 0 bridgehead atoms. The van der Waals surface area contributed by atoms with Gasteiger partial charge in [0.15, 0.2) is 0 Å². The number of halogens is 1. The fraction of sp³-hybridized carbons (Fsp3) is 0.320. The smallest absolute Gasteiger partial charge is 0.204 e. The van der Waals surface area contributed by atoms with E-state index in [2.05, 4.69) is 59.3 Å². The standard InChI is InChI=1S/C50H53BrO6/c1-3-37-24-26-38(27-25-37)30-43-28-29-49(2,31-44(43)51)50(52)48(56-35-42-22-14-7-15-23-42)47(55-34-41-20-12-6-13-21-41)46(54-33-40-18-10-5-11-19-40)45(57-50)36-53-32-39-16-8-4-9-17-39/h4-28,31,45-48,52H,3,29-30,32-36H2,1-2H3/t45-,46-,47+,48-,49?,50+/m1/s1. The normalized spacial score (nSPS) is 24.8. The van der Waals surface area contributed by atoms with E-state index in [1.54, 1.807) is 0 Å². The van der Waals surface area contributed by atoms with Crippen molar-refractivity contribution in [1.29, 1.82) is 0 Å². The number of hydrogen-bond donors (Lipinski definition) is 1. The third-order valence-corrected chi connectivity index (χ3v) is 11.8. The van der Waals surface area contributed by atoms with Crippen LogP contribution in [0.3, 0.4) is 0 Å². The maximum absolute atomic E-state index is 13.5. The van der Waals surface area contributed by atoms with Gasteiger partial charge in [-0.25, -0.2) is 0 Å². The van der Waals surface area contributed by atoms with Crippen LogP contribution in [0, 0.1) is 5.41 Å². The zero-order valence-corrected chi connectivity index (χ0v) is 34.4. The van der Waals surface area contributed by atoms with E-state index in [9.17, 15) is 5.11 Å². The number of hydrogen-bond acceptors (Lipinski definition) is 6. The van der Waals surface area contributed by atoms with Gasteiger partial charge < -0.3 is 28.8 Å². The van der Waals surface area contributed by atoms with Crippen molar-refractivity contribution in [2.45, 2.75) is 89.7 Å².